The summed E-state index contributed by atoms with van der Waals surface area (Å²) < 4.78 is 5.03. The zero-order chi connectivity index (χ0) is 8.53. The van der Waals surface area contributed by atoms with E-state index in [4.69, 9.17) is 4.74 Å². The second-order valence-electron chi connectivity index (χ2n) is 2.02. The number of hydrogen-bond acceptors (Lipinski definition) is 3. The molecule has 0 aliphatic heterocycles. The number of hydrogen-bond donors (Lipinski definition) is 2. The van der Waals surface area contributed by atoms with E-state index in [2.05, 4.69) is 17.9 Å². The lowest BCUT2D eigenvalue weighted by Crippen LogP contribution is -2.27. The summed E-state index contributed by atoms with van der Waals surface area (Å²) in [6.45, 7) is 3.81. The molecule has 3 nitrogen and oxygen atoms in total. The molecule has 0 aromatic rings. The Morgan fingerprint density at radius 2 is 2.36 bits per heavy atom. The van der Waals surface area contributed by atoms with Crippen LogP contribution in [0, 0.1) is 0 Å². The number of amides is 1. The number of carbonyl (C=O) groups is 1. The maximum atomic E-state index is 10.8. The van der Waals surface area contributed by atoms with Crippen molar-refractivity contribution in [3.63, 3.8) is 0 Å². The van der Waals surface area contributed by atoms with Crippen molar-refractivity contribution in [2.24, 2.45) is 0 Å². The predicted octanol–water partition coefficient (Wildman–Crippen LogP) is 0.459. The third-order valence-electron chi connectivity index (χ3n) is 1.11. The number of rotatable bonds is 6. The standard InChI is InChI=1S/C7H15NO2S/c1-2-10-5-4-8-7(9)3-6-11/h11H,2-6H2,1H3,(H,8,9). The van der Waals surface area contributed by atoms with Gasteiger partial charge in [0.2, 0.25) is 5.91 Å². The first-order chi connectivity index (χ1) is 5.31. The lowest BCUT2D eigenvalue weighted by Gasteiger charge is -2.02. The highest BCUT2D eigenvalue weighted by atomic mass is 32.1. The molecular formula is C7H15NO2S. The van der Waals surface area contributed by atoms with Gasteiger partial charge >= 0.3 is 0 Å². The average molecular weight is 177 g/mol. The third-order valence-corrected chi connectivity index (χ3v) is 1.34. The number of carbonyl (C=O) groups excluding carboxylic acids is 1. The zero-order valence-corrected chi connectivity index (χ0v) is 7.69. The molecule has 0 fully saturated rings. The van der Waals surface area contributed by atoms with E-state index in [1.54, 1.807) is 0 Å². The number of ether oxygens (including phenoxy) is 1. The fourth-order valence-electron chi connectivity index (χ4n) is 0.597. The molecule has 66 valence electrons. The van der Waals surface area contributed by atoms with Crippen molar-refractivity contribution >= 4 is 18.5 Å². The van der Waals surface area contributed by atoms with Gasteiger partial charge in [0.25, 0.3) is 0 Å². The van der Waals surface area contributed by atoms with Crippen LogP contribution in [0.4, 0.5) is 0 Å². The maximum absolute atomic E-state index is 10.8. The second kappa shape index (κ2) is 7.88. The van der Waals surface area contributed by atoms with Crippen LogP contribution in [-0.4, -0.2) is 31.4 Å². The van der Waals surface area contributed by atoms with Gasteiger partial charge in [-0.25, -0.2) is 0 Å². The van der Waals surface area contributed by atoms with Crippen LogP contribution in [0.15, 0.2) is 0 Å². The Bertz CT molecular complexity index is 109. The zero-order valence-electron chi connectivity index (χ0n) is 6.80. The largest absolute Gasteiger partial charge is 0.380 e. The van der Waals surface area contributed by atoms with Crippen molar-refractivity contribution in [2.75, 3.05) is 25.5 Å². The fourth-order valence-corrected chi connectivity index (χ4v) is 0.800. The van der Waals surface area contributed by atoms with Crippen LogP contribution in [0.3, 0.4) is 0 Å². The summed E-state index contributed by atoms with van der Waals surface area (Å²) in [4.78, 5) is 10.8. The van der Waals surface area contributed by atoms with E-state index in [-0.39, 0.29) is 5.91 Å². The number of thiol groups is 1. The van der Waals surface area contributed by atoms with Crippen LogP contribution in [-0.2, 0) is 9.53 Å². The molecule has 0 radical (unpaired) electrons. The molecule has 0 spiro atoms. The van der Waals surface area contributed by atoms with Gasteiger partial charge in [-0.2, -0.15) is 12.6 Å². The smallest absolute Gasteiger partial charge is 0.220 e. The van der Waals surface area contributed by atoms with E-state index in [1.165, 1.54) is 0 Å². The Morgan fingerprint density at radius 1 is 1.64 bits per heavy atom. The van der Waals surface area contributed by atoms with Crippen molar-refractivity contribution in [3.05, 3.63) is 0 Å². The monoisotopic (exact) mass is 177 g/mol. The fraction of sp³-hybridized carbons (Fsp3) is 0.857. The quantitative estimate of drug-likeness (QED) is 0.457. The van der Waals surface area contributed by atoms with Crippen LogP contribution in [0.25, 0.3) is 0 Å². The summed E-state index contributed by atoms with van der Waals surface area (Å²) in [5.74, 6) is 0.639. The SMILES string of the molecule is CCOCCNC(=O)CCS. The number of nitrogens with one attached hydrogen (secondary N) is 1. The van der Waals surface area contributed by atoms with Gasteiger partial charge in [-0.1, -0.05) is 0 Å². The van der Waals surface area contributed by atoms with Crippen molar-refractivity contribution in [3.8, 4) is 0 Å². The average Bonchev–Trinajstić information content (AvgIpc) is 1.99. The normalized spacial score (nSPS) is 9.64. The van der Waals surface area contributed by atoms with Gasteiger partial charge in [0.1, 0.15) is 0 Å². The van der Waals surface area contributed by atoms with E-state index < -0.39 is 0 Å². The van der Waals surface area contributed by atoms with E-state index >= 15 is 0 Å². The van der Waals surface area contributed by atoms with Crippen LogP contribution in [0.2, 0.25) is 0 Å². The first-order valence-corrected chi connectivity index (χ1v) is 4.39. The molecule has 0 bridgehead atoms. The molecule has 11 heavy (non-hydrogen) atoms. The molecule has 1 N–H and O–H groups in total. The Labute approximate surface area is 72.9 Å². The topological polar surface area (TPSA) is 38.3 Å². The molecule has 0 saturated carbocycles. The summed E-state index contributed by atoms with van der Waals surface area (Å²) >= 11 is 3.93. The molecule has 0 aliphatic carbocycles. The minimum Gasteiger partial charge on any atom is -0.380 e. The Morgan fingerprint density at radius 3 is 2.91 bits per heavy atom. The minimum atomic E-state index is 0.0414. The molecular weight excluding hydrogens is 162 g/mol. The first-order valence-electron chi connectivity index (χ1n) is 3.76. The van der Waals surface area contributed by atoms with Crippen molar-refractivity contribution in [2.45, 2.75) is 13.3 Å². The van der Waals surface area contributed by atoms with Crippen molar-refractivity contribution in [1.29, 1.82) is 0 Å². The van der Waals surface area contributed by atoms with E-state index in [0.29, 0.717) is 31.9 Å². The molecule has 0 saturated heterocycles. The summed E-state index contributed by atoms with van der Waals surface area (Å²) in [6.07, 6.45) is 0.481. The van der Waals surface area contributed by atoms with Gasteiger partial charge in [0.05, 0.1) is 6.61 Å². The minimum absolute atomic E-state index is 0.0414. The van der Waals surface area contributed by atoms with E-state index in [9.17, 15) is 4.79 Å². The van der Waals surface area contributed by atoms with Gasteiger partial charge in [-0.05, 0) is 12.7 Å². The van der Waals surface area contributed by atoms with Crippen LogP contribution in [0.1, 0.15) is 13.3 Å². The second-order valence-corrected chi connectivity index (χ2v) is 2.47. The third kappa shape index (κ3) is 7.68. The van der Waals surface area contributed by atoms with Crippen LogP contribution in [0.5, 0.6) is 0 Å². The predicted molar refractivity (Wildman–Crippen MR) is 48.0 cm³/mol. The first kappa shape index (κ1) is 10.8. The van der Waals surface area contributed by atoms with Crippen molar-refractivity contribution in [1.82, 2.24) is 5.32 Å². The van der Waals surface area contributed by atoms with Gasteiger partial charge in [0, 0.05) is 19.6 Å². The molecule has 0 heterocycles. The molecule has 1 amide bonds. The highest BCUT2D eigenvalue weighted by molar-refractivity contribution is 7.80. The van der Waals surface area contributed by atoms with E-state index in [0.717, 1.165) is 0 Å². The Balaban J connectivity index is 3.04. The highest BCUT2D eigenvalue weighted by Gasteiger charge is 1.96. The molecule has 0 rings (SSSR count). The molecule has 0 atom stereocenters. The highest BCUT2D eigenvalue weighted by Crippen LogP contribution is 1.82. The summed E-state index contributed by atoms with van der Waals surface area (Å²) in [5, 5.41) is 2.71. The van der Waals surface area contributed by atoms with Gasteiger partial charge in [-0.15, -0.1) is 0 Å². The summed E-state index contributed by atoms with van der Waals surface area (Å²) in [5.41, 5.74) is 0. The molecule has 0 aliphatic rings. The van der Waals surface area contributed by atoms with Crippen molar-refractivity contribution < 1.29 is 9.53 Å². The molecule has 0 unspecified atom stereocenters. The van der Waals surface area contributed by atoms with E-state index in [1.807, 2.05) is 6.92 Å². The lowest BCUT2D eigenvalue weighted by molar-refractivity contribution is -0.120. The Hall–Kier alpha value is -0.220. The summed E-state index contributed by atoms with van der Waals surface area (Å²) in [6, 6.07) is 0. The maximum Gasteiger partial charge on any atom is 0.220 e. The molecule has 4 heteroatoms. The lowest BCUT2D eigenvalue weighted by atomic mass is 10.4. The molecule has 0 aromatic heterocycles. The van der Waals surface area contributed by atoms with Crippen LogP contribution < -0.4 is 5.32 Å². The Kier molecular flexibility index (Phi) is 7.72. The van der Waals surface area contributed by atoms with Crippen LogP contribution >= 0.6 is 12.6 Å². The van der Waals surface area contributed by atoms with Gasteiger partial charge < -0.3 is 10.1 Å². The summed E-state index contributed by atoms with van der Waals surface area (Å²) in [7, 11) is 0. The van der Waals surface area contributed by atoms with Gasteiger partial charge in [0.15, 0.2) is 0 Å². The molecule has 0 aromatic carbocycles. The van der Waals surface area contributed by atoms with Gasteiger partial charge in [-0.3, -0.25) is 4.79 Å².